The van der Waals surface area contributed by atoms with Gasteiger partial charge in [0.25, 0.3) is 0 Å². The first-order chi connectivity index (χ1) is 6.30. The Morgan fingerprint density at radius 2 is 2.14 bits per heavy atom. The highest BCUT2D eigenvalue weighted by molar-refractivity contribution is 7.15. The van der Waals surface area contributed by atoms with Crippen molar-refractivity contribution in [3.05, 3.63) is 15.0 Å². The molecular formula is C6H3ClF3NO2S. The molecule has 0 amide bonds. The molecule has 14 heavy (non-hydrogen) atoms. The number of carboxylic acid groups (broad SMARTS) is 1. The summed E-state index contributed by atoms with van der Waals surface area (Å²) in [5.41, 5.74) is -1.21. The van der Waals surface area contributed by atoms with Crippen LogP contribution in [0.15, 0.2) is 0 Å². The van der Waals surface area contributed by atoms with E-state index in [9.17, 15) is 18.0 Å². The summed E-state index contributed by atoms with van der Waals surface area (Å²) in [5, 5.41) is 8.33. The van der Waals surface area contributed by atoms with Gasteiger partial charge in [0.05, 0.1) is 6.42 Å². The lowest BCUT2D eigenvalue weighted by molar-refractivity contribution is -0.142. The van der Waals surface area contributed by atoms with Crippen molar-refractivity contribution in [2.45, 2.75) is 12.6 Å². The molecular weight excluding hydrogens is 243 g/mol. The fraction of sp³-hybridized carbons (Fsp3) is 0.333. The monoisotopic (exact) mass is 245 g/mol. The minimum absolute atomic E-state index is 0.312. The Hall–Kier alpha value is -0.820. The number of hydrogen-bond acceptors (Lipinski definition) is 3. The van der Waals surface area contributed by atoms with Gasteiger partial charge in [0.2, 0.25) is 0 Å². The van der Waals surface area contributed by atoms with Crippen LogP contribution in [-0.4, -0.2) is 16.1 Å². The molecule has 0 aliphatic carbocycles. The predicted octanol–water partition coefficient (Wildman–Crippen LogP) is 2.44. The number of aromatic nitrogens is 1. The van der Waals surface area contributed by atoms with Crippen LogP contribution in [0.3, 0.4) is 0 Å². The first kappa shape index (κ1) is 11.3. The number of alkyl halides is 3. The molecule has 8 heteroatoms. The minimum Gasteiger partial charge on any atom is -0.481 e. The van der Waals surface area contributed by atoms with Crippen LogP contribution < -0.4 is 0 Å². The van der Waals surface area contributed by atoms with Crippen LogP contribution in [0, 0.1) is 0 Å². The smallest absolute Gasteiger partial charge is 0.434 e. The van der Waals surface area contributed by atoms with Gasteiger partial charge in [-0.05, 0) is 0 Å². The van der Waals surface area contributed by atoms with Crippen molar-refractivity contribution in [1.82, 2.24) is 4.98 Å². The van der Waals surface area contributed by atoms with Crippen LogP contribution in [0.2, 0.25) is 4.47 Å². The molecule has 1 aromatic heterocycles. The molecule has 0 spiro atoms. The van der Waals surface area contributed by atoms with Crippen molar-refractivity contribution in [2.24, 2.45) is 0 Å². The van der Waals surface area contributed by atoms with Gasteiger partial charge in [-0.3, -0.25) is 4.79 Å². The van der Waals surface area contributed by atoms with Crippen LogP contribution in [0.5, 0.6) is 0 Å². The summed E-state index contributed by atoms with van der Waals surface area (Å²) in [4.78, 5) is 12.9. The van der Waals surface area contributed by atoms with Crippen molar-refractivity contribution < 1.29 is 23.1 Å². The maximum atomic E-state index is 12.2. The summed E-state index contributed by atoms with van der Waals surface area (Å²) >= 11 is 5.79. The highest BCUT2D eigenvalue weighted by Crippen LogP contribution is 2.36. The average molecular weight is 246 g/mol. The Morgan fingerprint density at radius 1 is 1.57 bits per heavy atom. The molecule has 0 radical (unpaired) electrons. The summed E-state index contributed by atoms with van der Waals surface area (Å²) in [5.74, 6) is -1.35. The highest BCUT2D eigenvalue weighted by atomic mass is 35.5. The van der Waals surface area contributed by atoms with Crippen molar-refractivity contribution in [1.29, 1.82) is 0 Å². The molecule has 0 aliphatic heterocycles. The maximum absolute atomic E-state index is 12.2. The molecule has 78 valence electrons. The normalized spacial score (nSPS) is 11.7. The molecule has 1 rings (SSSR count). The predicted molar refractivity (Wildman–Crippen MR) is 43.5 cm³/mol. The number of carbonyl (C=O) groups is 1. The second-order valence-corrected chi connectivity index (χ2v) is 3.97. The molecule has 1 N–H and O–H groups in total. The van der Waals surface area contributed by atoms with Crippen molar-refractivity contribution in [3.8, 4) is 0 Å². The number of halogens is 4. The van der Waals surface area contributed by atoms with Gasteiger partial charge in [0.15, 0.2) is 10.2 Å². The number of thiazole rings is 1. The van der Waals surface area contributed by atoms with Gasteiger partial charge in [0.1, 0.15) is 0 Å². The van der Waals surface area contributed by atoms with E-state index in [1.54, 1.807) is 0 Å². The summed E-state index contributed by atoms with van der Waals surface area (Å²) < 4.78 is 36.3. The minimum atomic E-state index is -4.66. The molecule has 0 saturated carbocycles. The second-order valence-electron chi connectivity index (χ2n) is 2.31. The fourth-order valence-corrected chi connectivity index (χ4v) is 1.96. The van der Waals surface area contributed by atoms with Crippen molar-refractivity contribution >= 4 is 28.9 Å². The van der Waals surface area contributed by atoms with Crippen LogP contribution in [0.25, 0.3) is 0 Å². The Morgan fingerprint density at radius 3 is 2.57 bits per heavy atom. The molecule has 0 unspecified atom stereocenters. The zero-order valence-corrected chi connectivity index (χ0v) is 8.00. The van der Waals surface area contributed by atoms with Crippen LogP contribution >= 0.6 is 22.9 Å². The van der Waals surface area contributed by atoms with Gasteiger partial charge in [-0.1, -0.05) is 11.6 Å². The van der Waals surface area contributed by atoms with E-state index in [4.69, 9.17) is 16.7 Å². The zero-order valence-electron chi connectivity index (χ0n) is 6.43. The first-order valence-electron chi connectivity index (χ1n) is 3.25. The van der Waals surface area contributed by atoms with Crippen molar-refractivity contribution in [2.75, 3.05) is 0 Å². The van der Waals surface area contributed by atoms with Crippen LogP contribution in [0.1, 0.15) is 10.6 Å². The molecule has 0 atom stereocenters. The Kier molecular flexibility index (Phi) is 3.01. The largest absolute Gasteiger partial charge is 0.481 e. The van der Waals surface area contributed by atoms with Gasteiger partial charge in [-0.15, -0.1) is 11.3 Å². The Labute approximate surface area is 85.1 Å². The van der Waals surface area contributed by atoms with E-state index in [0.29, 0.717) is 11.3 Å². The first-order valence-corrected chi connectivity index (χ1v) is 4.44. The number of nitrogens with zero attached hydrogens (tertiary/aromatic N) is 1. The molecule has 1 aromatic rings. The highest BCUT2D eigenvalue weighted by Gasteiger charge is 2.37. The fourth-order valence-electron chi connectivity index (χ4n) is 0.802. The topological polar surface area (TPSA) is 50.2 Å². The molecule has 1 heterocycles. The van der Waals surface area contributed by atoms with Gasteiger partial charge in [-0.2, -0.15) is 13.2 Å². The lowest BCUT2D eigenvalue weighted by Gasteiger charge is -2.03. The number of hydrogen-bond donors (Lipinski definition) is 1. The molecule has 0 aliphatic rings. The third-order valence-corrected chi connectivity index (χ3v) is 2.41. The summed E-state index contributed by atoms with van der Waals surface area (Å²) in [7, 11) is 0. The van der Waals surface area contributed by atoms with E-state index < -0.39 is 24.3 Å². The molecule has 0 aromatic carbocycles. The molecule has 0 bridgehead atoms. The maximum Gasteiger partial charge on any atom is 0.434 e. The lowest BCUT2D eigenvalue weighted by atomic mass is 10.3. The van der Waals surface area contributed by atoms with E-state index in [1.807, 2.05) is 0 Å². The van der Waals surface area contributed by atoms with Gasteiger partial charge in [0, 0.05) is 4.88 Å². The van der Waals surface area contributed by atoms with E-state index in [-0.39, 0.29) is 9.34 Å². The van der Waals surface area contributed by atoms with E-state index >= 15 is 0 Å². The van der Waals surface area contributed by atoms with E-state index in [2.05, 4.69) is 4.98 Å². The average Bonchev–Trinajstić information content (AvgIpc) is 2.28. The van der Waals surface area contributed by atoms with Crippen molar-refractivity contribution in [3.63, 3.8) is 0 Å². The number of aliphatic carboxylic acids is 1. The third-order valence-electron chi connectivity index (χ3n) is 1.25. The van der Waals surface area contributed by atoms with Crippen LogP contribution in [-0.2, 0) is 17.4 Å². The Bertz CT molecular complexity index is 362. The number of carboxylic acids is 1. The molecule has 0 saturated heterocycles. The van der Waals surface area contributed by atoms with Gasteiger partial charge >= 0.3 is 12.1 Å². The van der Waals surface area contributed by atoms with E-state index in [1.165, 1.54) is 0 Å². The van der Waals surface area contributed by atoms with E-state index in [0.717, 1.165) is 0 Å². The summed E-state index contributed by atoms with van der Waals surface area (Å²) in [6.07, 6.45) is -5.38. The SMILES string of the molecule is O=C(O)Cc1sc(Cl)nc1C(F)(F)F. The van der Waals surface area contributed by atoms with Gasteiger partial charge in [-0.25, -0.2) is 4.98 Å². The number of rotatable bonds is 2. The molecule has 3 nitrogen and oxygen atoms in total. The van der Waals surface area contributed by atoms with Gasteiger partial charge < -0.3 is 5.11 Å². The third kappa shape index (κ3) is 2.58. The molecule has 0 fully saturated rings. The Balaban J connectivity index is 3.09. The van der Waals surface area contributed by atoms with Crippen LogP contribution in [0.4, 0.5) is 13.2 Å². The zero-order chi connectivity index (χ0) is 10.9. The standard InChI is InChI=1S/C6H3ClF3NO2S/c7-5-11-4(6(8,9)10)2(14-5)1-3(12)13/h1H2,(H,12,13). The summed E-state index contributed by atoms with van der Waals surface area (Å²) in [6, 6.07) is 0. The lowest BCUT2D eigenvalue weighted by Crippen LogP contribution is -2.10. The summed E-state index contributed by atoms with van der Waals surface area (Å²) in [6.45, 7) is 0. The second kappa shape index (κ2) is 3.74. The quantitative estimate of drug-likeness (QED) is 0.871.